The fraction of sp³-hybridized carbons (Fsp3) is 0.520. The number of aromatic nitrogens is 1. The van der Waals surface area contributed by atoms with E-state index in [1.54, 1.807) is 0 Å². The van der Waals surface area contributed by atoms with E-state index >= 15 is 0 Å². The van der Waals surface area contributed by atoms with Crippen LogP contribution in [0.5, 0.6) is 5.88 Å². The van der Waals surface area contributed by atoms with Gasteiger partial charge in [0.25, 0.3) is 0 Å². The number of aliphatic hydroxyl groups is 1. The standard InChI is InChI=1S/C25H31F2N3O4/c1-3-15-9-19-21(12-25(5-4-6-25)34-23(19)29-13-15)28-14-22(31)20(30-24(32)33-2)10-16-7-17(26)11-18(27)8-16/h7-9,11,13,20-22,28,31H,3-6,10,12,14H2,1-2H3,(H,30,32)/t20-,21-,22+/m0/s1. The molecule has 1 aliphatic carbocycles. The zero-order chi connectivity index (χ0) is 24.3. The monoisotopic (exact) mass is 475 g/mol. The highest BCUT2D eigenvalue weighted by Crippen LogP contribution is 2.48. The number of pyridine rings is 1. The first-order valence-corrected chi connectivity index (χ1v) is 11.7. The number of hydrogen-bond acceptors (Lipinski definition) is 6. The Morgan fingerprint density at radius 3 is 2.62 bits per heavy atom. The van der Waals surface area contributed by atoms with Gasteiger partial charge in [0.05, 0.1) is 19.3 Å². The Balaban J connectivity index is 1.50. The molecule has 2 aliphatic rings. The lowest BCUT2D eigenvalue weighted by molar-refractivity contribution is -0.0420. The number of aliphatic hydroxyl groups excluding tert-OH is 1. The molecule has 0 unspecified atom stereocenters. The van der Waals surface area contributed by atoms with Gasteiger partial charge >= 0.3 is 6.09 Å². The number of aryl methyl sites for hydroxylation is 1. The van der Waals surface area contributed by atoms with Gasteiger partial charge in [0.1, 0.15) is 17.2 Å². The van der Waals surface area contributed by atoms with Crippen LogP contribution in [0.2, 0.25) is 0 Å². The summed E-state index contributed by atoms with van der Waals surface area (Å²) < 4.78 is 38.3. The number of alkyl carbamates (subject to hydrolysis) is 1. The quantitative estimate of drug-likeness (QED) is 0.541. The third-order valence-electron chi connectivity index (χ3n) is 6.78. The molecule has 34 heavy (non-hydrogen) atoms. The molecule has 1 spiro atoms. The van der Waals surface area contributed by atoms with E-state index in [-0.39, 0.29) is 24.6 Å². The van der Waals surface area contributed by atoms with Crippen molar-refractivity contribution in [1.82, 2.24) is 15.6 Å². The van der Waals surface area contributed by atoms with Gasteiger partial charge in [-0.15, -0.1) is 0 Å². The van der Waals surface area contributed by atoms with Gasteiger partial charge in [-0.1, -0.05) is 6.92 Å². The molecular weight excluding hydrogens is 444 g/mol. The summed E-state index contributed by atoms with van der Waals surface area (Å²) in [4.78, 5) is 16.4. The highest BCUT2D eigenvalue weighted by Gasteiger charge is 2.46. The summed E-state index contributed by atoms with van der Waals surface area (Å²) in [5.74, 6) is -0.818. The third kappa shape index (κ3) is 5.47. The van der Waals surface area contributed by atoms with Crippen molar-refractivity contribution in [1.29, 1.82) is 0 Å². The zero-order valence-corrected chi connectivity index (χ0v) is 19.4. The average molecular weight is 476 g/mol. The van der Waals surface area contributed by atoms with Gasteiger partial charge in [-0.25, -0.2) is 18.6 Å². The molecule has 1 aromatic heterocycles. The molecular formula is C25H31F2N3O4. The maximum Gasteiger partial charge on any atom is 0.407 e. The molecule has 9 heteroatoms. The highest BCUT2D eigenvalue weighted by atomic mass is 19.1. The zero-order valence-electron chi connectivity index (χ0n) is 19.4. The van der Waals surface area contributed by atoms with Crippen molar-refractivity contribution in [2.45, 2.75) is 69.2 Å². The number of hydrogen-bond donors (Lipinski definition) is 3. The summed E-state index contributed by atoms with van der Waals surface area (Å²) in [5.41, 5.74) is 2.13. The van der Waals surface area contributed by atoms with Crippen molar-refractivity contribution in [3.8, 4) is 5.88 Å². The Morgan fingerprint density at radius 2 is 2.00 bits per heavy atom. The van der Waals surface area contributed by atoms with Crippen LogP contribution in [0.1, 0.15) is 55.3 Å². The second kappa shape index (κ2) is 10.2. The summed E-state index contributed by atoms with van der Waals surface area (Å²) in [6, 6.07) is 4.32. The third-order valence-corrected chi connectivity index (χ3v) is 6.78. The van der Waals surface area contributed by atoms with Crippen LogP contribution in [-0.2, 0) is 17.6 Å². The first-order chi connectivity index (χ1) is 16.3. The molecule has 3 atom stereocenters. The molecule has 184 valence electrons. The second-order valence-corrected chi connectivity index (χ2v) is 9.19. The van der Waals surface area contributed by atoms with E-state index in [9.17, 15) is 18.7 Å². The normalized spacial score (nSPS) is 20.0. The number of fused-ring (bicyclic) bond motifs is 1. The van der Waals surface area contributed by atoms with Gasteiger partial charge in [0.2, 0.25) is 5.88 Å². The number of ether oxygens (including phenoxy) is 2. The molecule has 1 aromatic carbocycles. The molecule has 1 saturated carbocycles. The molecule has 0 radical (unpaired) electrons. The van der Waals surface area contributed by atoms with E-state index < -0.39 is 29.9 Å². The van der Waals surface area contributed by atoms with E-state index in [2.05, 4.69) is 33.3 Å². The van der Waals surface area contributed by atoms with Gasteiger partial charge in [-0.2, -0.15) is 0 Å². The topological polar surface area (TPSA) is 92.7 Å². The number of carbonyl (C=O) groups is 1. The fourth-order valence-corrected chi connectivity index (χ4v) is 4.71. The first-order valence-electron chi connectivity index (χ1n) is 11.7. The first kappa shape index (κ1) is 24.3. The van der Waals surface area contributed by atoms with E-state index in [0.29, 0.717) is 11.4 Å². The SMILES string of the molecule is CCc1cnc2c(c1)[C@@H](NC[C@@H](O)[C@H](Cc1cc(F)cc(F)c1)NC(=O)OC)CC1(CCC1)O2. The molecule has 0 saturated heterocycles. The minimum atomic E-state index is -1.05. The number of nitrogens with zero attached hydrogens (tertiary/aromatic N) is 1. The van der Waals surface area contributed by atoms with Crippen LogP contribution in [0.25, 0.3) is 0 Å². The minimum absolute atomic E-state index is 0.0302. The molecule has 4 rings (SSSR count). The van der Waals surface area contributed by atoms with Crippen molar-refractivity contribution in [2.24, 2.45) is 0 Å². The molecule has 1 fully saturated rings. The van der Waals surface area contributed by atoms with Crippen LogP contribution in [-0.4, -0.2) is 47.6 Å². The summed E-state index contributed by atoms with van der Waals surface area (Å²) >= 11 is 0. The number of benzene rings is 1. The molecule has 2 heterocycles. The highest BCUT2D eigenvalue weighted by molar-refractivity contribution is 5.67. The summed E-state index contributed by atoms with van der Waals surface area (Å²) in [6.07, 6.45) is 4.71. The van der Waals surface area contributed by atoms with Crippen molar-refractivity contribution in [2.75, 3.05) is 13.7 Å². The number of rotatable bonds is 8. The molecule has 0 bridgehead atoms. The number of halogens is 2. The molecule has 1 aliphatic heterocycles. The van der Waals surface area contributed by atoms with Crippen LogP contribution < -0.4 is 15.4 Å². The molecule has 1 amide bonds. The Kier molecular flexibility index (Phi) is 7.33. The average Bonchev–Trinajstić information content (AvgIpc) is 2.79. The lowest BCUT2D eigenvalue weighted by Gasteiger charge is -2.47. The van der Waals surface area contributed by atoms with Gasteiger partial charge in [0.15, 0.2) is 0 Å². The minimum Gasteiger partial charge on any atom is -0.471 e. The molecule has 3 N–H and O–H groups in total. The van der Waals surface area contributed by atoms with E-state index in [0.717, 1.165) is 49.3 Å². The van der Waals surface area contributed by atoms with Crippen molar-refractivity contribution >= 4 is 6.09 Å². The summed E-state index contributed by atoms with van der Waals surface area (Å²) in [5, 5.41) is 17.0. The van der Waals surface area contributed by atoms with Gasteiger partial charge < -0.3 is 25.2 Å². The van der Waals surface area contributed by atoms with Crippen molar-refractivity contribution in [3.63, 3.8) is 0 Å². The number of amides is 1. The van der Waals surface area contributed by atoms with E-state index in [1.165, 1.54) is 19.2 Å². The van der Waals surface area contributed by atoms with Gasteiger partial charge in [-0.05, 0) is 61.4 Å². The molecule has 2 aromatic rings. The molecule has 7 nitrogen and oxygen atoms in total. The Bertz CT molecular complexity index is 1010. The lowest BCUT2D eigenvalue weighted by atomic mass is 9.73. The number of methoxy groups -OCH3 is 1. The Hall–Kier alpha value is -2.78. The Morgan fingerprint density at radius 1 is 1.26 bits per heavy atom. The van der Waals surface area contributed by atoms with Crippen LogP contribution in [0.15, 0.2) is 30.5 Å². The van der Waals surface area contributed by atoms with Gasteiger partial charge in [0, 0.05) is 36.8 Å². The smallest absolute Gasteiger partial charge is 0.407 e. The fourth-order valence-electron chi connectivity index (χ4n) is 4.71. The van der Waals surface area contributed by atoms with Gasteiger partial charge in [-0.3, -0.25) is 0 Å². The van der Waals surface area contributed by atoms with E-state index in [4.69, 9.17) is 4.74 Å². The number of nitrogens with one attached hydrogen (secondary N) is 2. The second-order valence-electron chi connectivity index (χ2n) is 9.19. The summed E-state index contributed by atoms with van der Waals surface area (Å²) in [6.45, 7) is 2.20. The predicted octanol–water partition coefficient (Wildman–Crippen LogP) is 3.59. The largest absolute Gasteiger partial charge is 0.471 e. The number of carbonyl (C=O) groups excluding carboxylic acids is 1. The lowest BCUT2D eigenvalue weighted by Crippen LogP contribution is -2.52. The van der Waals surface area contributed by atoms with Crippen molar-refractivity contribution in [3.05, 3.63) is 58.8 Å². The van der Waals surface area contributed by atoms with Crippen LogP contribution in [0, 0.1) is 11.6 Å². The van der Waals surface area contributed by atoms with E-state index in [1.807, 2.05) is 6.20 Å². The maximum absolute atomic E-state index is 13.7. The van der Waals surface area contributed by atoms with Crippen molar-refractivity contribution < 1.29 is 28.2 Å². The maximum atomic E-state index is 13.7. The Labute approximate surface area is 197 Å². The summed E-state index contributed by atoms with van der Waals surface area (Å²) in [7, 11) is 1.22. The van der Waals surface area contributed by atoms with Crippen LogP contribution in [0.3, 0.4) is 0 Å². The van der Waals surface area contributed by atoms with Crippen LogP contribution in [0.4, 0.5) is 13.6 Å². The van der Waals surface area contributed by atoms with Crippen LogP contribution >= 0.6 is 0 Å². The predicted molar refractivity (Wildman–Crippen MR) is 122 cm³/mol.